The Labute approximate surface area is 202 Å². The van der Waals surface area contributed by atoms with E-state index in [1.54, 1.807) is 18.2 Å². The Morgan fingerprint density at radius 3 is 2.65 bits per heavy atom. The van der Waals surface area contributed by atoms with Gasteiger partial charge in [0, 0.05) is 35.8 Å². The number of carboxylic acid groups (broad SMARTS) is 1. The van der Waals surface area contributed by atoms with Crippen molar-refractivity contribution in [1.82, 2.24) is 9.47 Å². The number of benzene rings is 2. The molecule has 0 spiro atoms. The molecule has 1 aliphatic carbocycles. The Balaban J connectivity index is 1.43. The van der Waals surface area contributed by atoms with Crippen LogP contribution in [0.3, 0.4) is 0 Å². The van der Waals surface area contributed by atoms with Gasteiger partial charge in [-0.05, 0) is 60.4 Å². The molecule has 0 atom stereocenters. The summed E-state index contributed by atoms with van der Waals surface area (Å²) >= 11 is 1.02. The smallest absolute Gasteiger partial charge is 0.335 e. The molecule has 2 aromatic carbocycles. The number of hydrogen-bond donors (Lipinski definition) is 1. The molecule has 0 unspecified atom stereocenters. The molecule has 2 amide bonds. The predicted molar refractivity (Wildman–Crippen MR) is 134 cm³/mol. The third-order valence-corrected chi connectivity index (χ3v) is 7.58. The highest BCUT2D eigenvalue weighted by Gasteiger charge is 2.36. The fourth-order valence-corrected chi connectivity index (χ4v) is 5.79. The molecule has 0 bridgehead atoms. The highest BCUT2D eigenvalue weighted by atomic mass is 32.2. The van der Waals surface area contributed by atoms with Gasteiger partial charge in [-0.15, -0.1) is 0 Å². The summed E-state index contributed by atoms with van der Waals surface area (Å²) in [5, 5.41) is 10.1. The Morgan fingerprint density at radius 2 is 1.85 bits per heavy atom. The number of para-hydroxylation sites is 1. The van der Waals surface area contributed by atoms with Gasteiger partial charge in [-0.2, -0.15) is 0 Å². The second-order valence-electron chi connectivity index (χ2n) is 9.03. The summed E-state index contributed by atoms with van der Waals surface area (Å²) in [7, 11) is 0. The number of carboxylic acids is 1. The number of hydrogen-bond acceptors (Lipinski definition) is 4. The normalized spacial score (nSPS) is 18.4. The number of carbonyl (C=O) groups is 3. The lowest BCUT2D eigenvalue weighted by atomic mass is 9.89. The van der Waals surface area contributed by atoms with E-state index in [4.69, 9.17) is 0 Å². The molecule has 174 valence electrons. The van der Waals surface area contributed by atoms with E-state index in [0.29, 0.717) is 23.9 Å². The van der Waals surface area contributed by atoms with Gasteiger partial charge in [-0.3, -0.25) is 14.5 Å². The lowest BCUT2D eigenvalue weighted by molar-refractivity contribution is -0.123. The van der Waals surface area contributed by atoms with Crippen LogP contribution in [0.4, 0.5) is 4.79 Å². The van der Waals surface area contributed by atoms with Crippen LogP contribution in [-0.4, -0.2) is 38.2 Å². The third-order valence-electron chi connectivity index (χ3n) is 6.67. The molecular formula is C27H26N2O4S. The van der Waals surface area contributed by atoms with Crippen molar-refractivity contribution in [3.8, 4) is 0 Å². The van der Waals surface area contributed by atoms with Crippen LogP contribution in [0.15, 0.2) is 59.6 Å². The van der Waals surface area contributed by atoms with Crippen LogP contribution in [0.2, 0.25) is 0 Å². The second-order valence-corrected chi connectivity index (χ2v) is 10.0. The maximum Gasteiger partial charge on any atom is 0.335 e. The average Bonchev–Trinajstić information content (AvgIpc) is 3.32. The highest BCUT2D eigenvalue weighted by molar-refractivity contribution is 8.18. The minimum atomic E-state index is -0.955. The van der Waals surface area contributed by atoms with Crippen LogP contribution in [-0.2, 0) is 11.3 Å². The molecule has 2 aliphatic rings. The lowest BCUT2D eigenvalue weighted by Crippen LogP contribution is -2.34. The molecule has 0 radical (unpaired) electrons. The van der Waals surface area contributed by atoms with Crippen molar-refractivity contribution < 1.29 is 19.5 Å². The van der Waals surface area contributed by atoms with Crippen molar-refractivity contribution in [2.24, 2.45) is 5.92 Å². The average molecular weight is 475 g/mol. The minimum Gasteiger partial charge on any atom is -0.478 e. The van der Waals surface area contributed by atoms with Crippen molar-refractivity contribution in [1.29, 1.82) is 0 Å². The molecule has 2 heterocycles. The molecule has 34 heavy (non-hydrogen) atoms. The van der Waals surface area contributed by atoms with Crippen LogP contribution in [0, 0.1) is 5.92 Å². The fourth-order valence-electron chi connectivity index (χ4n) is 4.95. The SMILES string of the molecule is O=C(O)c1cccc(Cn2cc(/C=C3\SC(=O)N(CC4CCCCC4)C3=O)c3ccccc32)c1. The number of thioether (sulfide) groups is 1. The van der Waals surface area contributed by atoms with Gasteiger partial charge >= 0.3 is 5.97 Å². The first kappa shape index (κ1) is 22.5. The second kappa shape index (κ2) is 9.50. The van der Waals surface area contributed by atoms with E-state index in [2.05, 4.69) is 4.57 Å². The van der Waals surface area contributed by atoms with Crippen molar-refractivity contribution in [3.63, 3.8) is 0 Å². The molecule has 1 N–H and O–H groups in total. The Morgan fingerprint density at radius 1 is 1.06 bits per heavy atom. The van der Waals surface area contributed by atoms with Crippen LogP contribution < -0.4 is 0 Å². The summed E-state index contributed by atoms with van der Waals surface area (Å²) in [4.78, 5) is 38.9. The number of aromatic nitrogens is 1. The van der Waals surface area contributed by atoms with Gasteiger partial charge in [0.2, 0.25) is 0 Å². The van der Waals surface area contributed by atoms with Gasteiger partial charge in [0.15, 0.2) is 0 Å². The fraction of sp³-hybridized carbons (Fsp3) is 0.296. The van der Waals surface area contributed by atoms with E-state index in [-0.39, 0.29) is 16.7 Å². The summed E-state index contributed by atoms with van der Waals surface area (Å²) in [5.41, 5.74) is 2.98. The van der Waals surface area contributed by atoms with E-state index in [1.807, 2.05) is 42.6 Å². The number of carbonyl (C=O) groups excluding carboxylic acids is 2. The zero-order valence-electron chi connectivity index (χ0n) is 18.8. The van der Waals surface area contributed by atoms with E-state index >= 15 is 0 Å². The number of aromatic carboxylic acids is 1. The van der Waals surface area contributed by atoms with E-state index < -0.39 is 5.97 Å². The summed E-state index contributed by atoms with van der Waals surface area (Å²) in [6, 6.07) is 14.8. The monoisotopic (exact) mass is 474 g/mol. The Kier molecular flexibility index (Phi) is 6.28. The first-order chi connectivity index (χ1) is 16.5. The van der Waals surface area contributed by atoms with E-state index in [0.717, 1.165) is 46.6 Å². The zero-order valence-corrected chi connectivity index (χ0v) is 19.6. The zero-order chi connectivity index (χ0) is 23.7. The number of fused-ring (bicyclic) bond motifs is 1. The maximum absolute atomic E-state index is 13.1. The van der Waals surface area contributed by atoms with Crippen molar-refractivity contribution in [3.05, 3.63) is 76.3 Å². The van der Waals surface area contributed by atoms with Gasteiger partial charge in [0.05, 0.1) is 10.5 Å². The topological polar surface area (TPSA) is 79.6 Å². The van der Waals surface area contributed by atoms with Gasteiger partial charge in [-0.1, -0.05) is 49.6 Å². The molecule has 7 heteroatoms. The van der Waals surface area contributed by atoms with Gasteiger partial charge < -0.3 is 9.67 Å². The Bertz CT molecular complexity index is 1300. The Hall–Kier alpha value is -3.32. The van der Waals surface area contributed by atoms with Gasteiger partial charge in [0.25, 0.3) is 11.1 Å². The number of rotatable bonds is 6. The van der Waals surface area contributed by atoms with Crippen molar-refractivity contribution in [2.75, 3.05) is 6.54 Å². The van der Waals surface area contributed by atoms with E-state index in [9.17, 15) is 19.5 Å². The lowest BCUT2D eigenvalue weighted by Gasteiger charge is -2.25. The summed E-state index contributed by atoms with van der Waals surface area (Å²) in [6.45, 7) is 1.02. The van der Waals surface area contributed by atoms with Crippen molar-refractivity contribution in [2.45, 2.75) is 38.6 Å². The quantitative estimate of drug-likeness (QED) is 0.443. The van der Waals surface area contributed by atoms with Crippen LogP contribution >= 0.6 is 11.8 Å². The van der Waals surface area contributed by atoms with Crippen LogP contribution in [0.25, 0.3) is 17.0 Å². The first-order valence-corrected chi connectivity index (χ1v) is 12.5. The summed E-state index contributed by atoms with van der Waals surface area (Å²) in [5.74, 6) is -0.750. The molecule has 1 saturated heterocycles. The third kappa shape index (κ3) is 4.53. The standard InChI is InChI=1S/C27H26N2O4S/c30-25-24(34-27(33)29(25)16-18-7-2-1-3-8-18)14-21-17-28(23-12-5-4-11-22(21)23)15-19-9-6-10-20(13-19)26(31)32/h4-6,9-14,17-18H,1-3,7-8,15-16H2,(H,31,32)/b24-14-. The maximum atomic E-state index is 13.1. The summed E-state index contributed by atoms with van der Waals surface area (Å²) < 4.78 is 2.05. The number of amides is 2. The molecule has 1 saturated carbocycles. The van der Waals surface area contributed by atoms with E-state index in [1.165, 1.54) is 24.2 Å². The molecule has 6 nitrogen and oxygen atoms in total. The van der Waals surface area contributed by atoms with Gasteiger partial charge in [-0.25, -0.2) is 4.79 Å². The summed E-state index contributed by atoms with van der Waals surface area (Å²) in [6.07, 6.45) is 9.53. The van der Waals surface area contributed by atoms with Crippen LogP contribution in [0.1, 0.15) is 53.6 Å². The minimum absolute atomic E-state index is 0.184. The largest absolute Gasteiger partial charge is 0.478 e. The molecule has 1 aliphatic heterocycles. The number of nitrogens with zero attached hydrogens (tertiary/aromatic N) is 2. The highest BCUT2D eigenvalue weighted by Crippen LogP contribution is 2.36. The van der Waals surface area contributed by atoms with Gasteiger partial charge in [0.1, 0.15) is 0 Å². The van der Waals surface area contributed by atoms with Crippen LogP contribution in [0.5, 0.6) is 0 Å². The first-order valence-electron chi connectivity index (χ1n) is 11.6. The molecule has 1 aromatic heterocycles. The molecule has 3 aromatic rings. The van der Waals surface area contributed by atoms with Crippen molar-refractivity contribution >= 4 is 45.9 Å². The number of imide groups is 1. The molecular weight excluding hydrogens is 448 g/mol. The molecule has 2 fully saturated rings. The predicted octanol–water partition coefficient (Wildman–Crippen LogP) is 6.00. The molecule has 5 rings (SSSR count).